The van der Waals surface area contributed by atoms with E-state index in [4.69, 9.17) is 50.8 Å². The van der Waals surface area contributed by atoms with Gasteiger partial charge in [0.1, 0.15) is 48.6 Å². The normalized spacial score (nSPS) is 36.3. The third-order valence-electron chi connectivity index (χ3n) is 7.06. The van der Waals surface area contributed by atoms with Crippen LogP contribution in [-0.2, 0) is 43.9 Å². The maximum Gasteiger partial charge on any atom is 0.698 e. The molecule has 4 aromatic heterocycles. The molecule has 10 atom stereocenters. The second-order valence-electron chi connectivity index (χ2n) is 9.61. The highest BCUT2D eigenvalue weighted by molar-refractivity contribution is 8.07. The van der Waals surface area contributed by atoms with E-state index in [1.165, 1.54) is 34.4 Å². The summed E-state index contributed by atoms with van der Waals surface area (Å²) in [5.74, 6) is 0.128. The smallest absolute Gasteiger partial charge is 0.382 e. The van der Waals surface area contributed by atoms with Gasteiger partial charge in [-0.15, -0.1) is 9.05 Å². The summed E-state index contributed by atoms with van der Waals surface area (Å²) in [6.07, 6.45) is -7.63. The molecule has 2 unspecified atom stereocenters. The number of nitrogens with two attached hydrogens (primary N) is 2. The van der Waals surface area contributed by atoms with E-state index in [1.54, 1.807) is 0 Å². The van der Waals surface area contributed by atoms with Gasteiger partial charge in [-0.3, -0.25) is 13.7 Å². The molecular formula is C20H21F2N10O8P2S+. The number of aromatic nitrogens is 8. The Kier molecular flexibility index (Phi) is 7.28. The summed E-state index contributed by atoms with van der Waals surface area (Å²) in [6.45, 7) is -5.54. The lowest BCUT2D eigenvalue weighted by molar-refractivity contribution is -0.0588. The Bertz CT molecular complexity index is 1770. The summed E-state index contributed by atoms with van der Waals surface area (Å²) in [7, 11) is -3.05. The average molecular weight is 661 g/mol. The van der Waals surface area contributed by atoms with Crippen molar-refractivity contribution < 1.29 is 45.8 Å². The molecule has 18 nitrogen and oxygen atoms in total. The predicted molar refractivity (Wildman–Crippen MR) is 143 cm³/mol. The van der Waals surface area contributed by atoms with Crippen molar-refractivity contribution in [3.63, 3.8) is 0 Å². The molecule has 0 amide bonds. The van der Waals surface area contributed by atoms with Crippen molar-refractivity contribution in [1.29, 1.82) is 0 Å². The number of ether oxygens (including phenoxy) is 2. The van der Waals surface area contributed by atoms with Crippen molar-refractivity contribution in [3.8, 4) is 0 Å². The number of alkyl halides is 2. The molecular weight excluding hydrogens is 640 g/mol. The number of imidazole rings is 2. The SMILES string of the molecule is Nc1ncnc2c1ncn2[C@@H]1O[C@@H]2COP(O)(=S)O[C@@H]3[C@H](F)[C@@H](CO[P+](=O)O[C@@H]1[C@@H]2F)O[C@H]3n1cnc2c(N)ncnc21. The van der Waals surface area contributed by atoms with Crippen LogP contribution in [0.2, 0.25) is 0 Å². The molecule has 7 rings (SSSR count). The van der Waals surface area contributed by atoms with Gasteiger partial charge >= 0.3 is 15.0 Å². The Hall–Kier alpha value is -2.97. The zero-order valence-corrected chi connectivity index (χ0v) is 24.0. The van der Waals surface area contributed by atoms with Gasteiger partial charge in [0.05, 0.1) is 19.3 Å². The number of hydrogen-bond donors (Lipinski definition) is 3. The molecule has 3 saturated heterocycles. The molecule has 7 heterocycles. The molecule has 0 saturated carbocycles. The third-order valence-corrected chi connectivity index (χ3v) is 9.39. The van der Waals surface area contributed by atoms with Gasteiger partial charge in [0, 0.05) is 4.57 Å². The third kappa shape index (κ3) is 5.04. The second-order valence-corrected chi connectivity index (χ2v) is 13.3. The van der Waals surface area contributed by atoms with Crippen molar-refractivity contribution >= 4 is 60.7 Å². The van der Waals surface area contributed by atoms with E-state index in [0.717, 1.165) is 0 Å². The van der Waals surface area contributed by atoms with Crippen LogP contribution >= 0.6 is 15.0 Å². The first-order valence-electron chi connectivity index (χ1n) is 12.5. The van der Waals surface area contributed by atoms with E-state index >= 15 is 8.78 Å². The van der Waals surface area contributed by atoms with E-state index in [1.807, 2.05) is 0 Å². The summed E-state index contributed by atoms with van der Waals surface area (Å²) in [5.41, 5.74) is 12.5. The molecule has 0 spiro atoms. The van der Waals surface area contributed by atoms with E-state index < -0.39 is 77.4 Å². The van der Waals surface area contributed by atoms with Crippen LogP contribution in [0.3, 0.4) is 0 Å². The number of hydrogen-bond acceptors (Lipinski definition) is 16. The van der Waals surface area contributed by atoms with Gasteiger partial charge in [-0.25, -0.2) is 38.7 Å². The lowest BCUT2D eigenvalue weighted by atomic mass is 10.1. The van der Waals surface area contributed by atoms with Crippen LogP contribution in [0.15, 0.2) is 25.3 Å². The molecule has 23 heteroatoms. The van der Waals surface area contributed by atoms with Crippen molar-refractivity contribution in [2.24, 2.45) is 0 Å². The molecule has 0 aromatic carbocycles. The maximum absolute atomic E-state index is 15.8. The molecule has 228 valence electrons. The van der Waals surface area contributed by atoms with Gasteiger partial charge < -0.3 is 30.4 Å². The summed E-state index contributed by atoms with van der Waals surface area (Å²) < 4.78 is 80.5. The minimum absolute atomic E-state index is 0.0628. The lowest BCUT2D eigenvalue weighted by Gasteiger charge is -2.26. The zero-order valence-electron chi connectivity index (χ0n) is 21.4. The van der Waals surface area contributed by atoms with Crippen molar-refractivity contribution in [3.05, 3.63) is 25.3 Å². The highest BCUT2D eigenvalue weighted by atomic mass is 32.5. The van der Waals surface area contributed by atoms with Gasteiger partial charge in [-0.1, -0.05) is 0 Å². The fourth-order valence-electron chi connectivity index (χ4n) is 5.06. The number of rotatable bonds is 2. The molecule has 4 bridgehead atoms. The number of anilines is 2. The number of fused-ring (bicyclic) bond motifs is 6. The van der Waals surface area contributed by atoms with Crippen molar-refractivity contribution in [2.45, 2.75) is 49.2 Å². The first kappa shape index (κ1) is 28.8. The van der Waals surface area contributed by atoms with Crippen LogP contribution in [0.4, 0.5) is 20.4 Å². The lowest BCUT2D eigenvalue weighted by Crippen LogP contribution is -2.34. The largest absolute Gasteiger partial charge is 0.698 e. The monoisotopic (exact) mass is 661 g/mol. The summed E-state index contributed by atoms with van der Waals surface area (Å²) in [6, 6.07) is 0. The Morgan fingerprint density at radius 2 is 1.42 bits per heavy atom. The van der Waals surface area contributed by atoms with Gasteiger partial charge in [-0.05, 0) is 11.8 Å². The summed E-state index contributed by atoms with van der Waals surface area (Å²) >= 11 is 5.15. The van der Waals surface area contributed by atoms with E-state index in [-0.39, 0.29) is 34.0 Å². The Balaban J connectivity index is 1.20. The standard InChI is InChI=1S/C20H20F2N10O8P2S/c21-9-8-2-36-42(34,43)40-14-10(22)7(37-20(14)32-6-30-12-16(24)26-4-28-18(12)32)1-35-41(33)39-13(9)19(38-8)31-5-29-11-15(23)25-3-27-17(11)31/h3-10,13-14,19-20H,1-2H2,(H4-,23,24,25,26,27,28,34,43)/p+1/t7-,8-,9-,10-,13-,14-,19-,20-,42?/m1/s1. The molecule has 4 aromatic rings. The van der Waals surface area contributed by atoms with Gasteiger partial charge in [-0.2, -0.15) is 0 Å². The highest BCUT2D eigenvalue weighted by Gasteiger charge is 2.55. The minimum atomic E-state index is -4.27. The maximum atomic E-state index is 15.8. The van der Waals surface area contributed by atoms with Crippen LogP contribution in [-0.4, -0.2) is 93.9 Å². The minimum Gasteiger partial charge on any atom is -0.382 e. The van der Waals surface area contributed by atoms with Crippen LogP contribution in [0.25, 0.3) is 22.3 Å². The van der Waals surface area contributed by atoms with Crippen LogP contribution in [0.1, 0.15) is 12.5 Å². The Labute approximate surface area is 244 Å². The Morgan fingerprint density at radius 1 is 0.884 bits per heavy atom. The first-order chi connectivity index (χ1) is 20.6. The fourth-order valence-corrected chi connectivity index (χ4v) is 7.21. The molecule has 3 fully saturated rings. The molecule has 3 aliphatic rings. The van der Waals surface area contributed by atoms with Gasteiger partial charge in [0.2, 0.25) is 0 Å². The van der Waals surface area contributed by atoms with E-state index in [9.17, 15) is 9.46 Å². The van der Waals surface area contributed by atoms with Crippen LogP contribution < -0.4 is 11.5 Å². The van der Waals surface area contributed by atoms with Crippen molar-refractivity contribution in [2.75, 3.05) is 24.7 Å². The predicted octanol–water partition coefficient (Wildman–Crippen LogP) is 0.993. The van der Waals surface area contributed by atoms with Crippen molar-refractivity contribution in [1.82, 2.24) is 39.0 Å². The molecule has 0 aliphatic carbocycles. The molecule has 5 N–H and O–H groups in total. The highest BCUT2D eigenvalue weighted by Crippen LogP contribution is 2.52. The van der Waals surface area contributed by atoms with E-state index in [0.29, 0.717) is 0 Å². The fraction of sp³-hybridized carbons (Fsp3) is 0.500. The number of nitrogen functional groups attached to an aromatic ring is 2. The number of nitrogens with zero attached hydrogens (tertiary/aromatic N) is 8. The average Bonchev–Trinajstić information content (AvgIpc) is 3.73. The first-order valence-corrected chi connectivity index (χ1v) is 16.2. The zero-order chi connectivity index (χ0) is 30.0. The van der Waals surface area contributed by atoms with Crippen LogP contribution in [0, 0.1) is 0 Å². The summed E-state index contributed by atoms with van der Waals surface area (Å²) in [5, 5.41) is 0. The second kappa shape index (κ2) is 10.9. The van der Waals surface area contributed by atoms with E-state index in [2.05, 4.69) is 29.9 Å². The van der Waals surface area contributed by atoms with Gasteiger partial charge in [0.25, 0.3) is 0 Å². The number of halogens is 2. The van der Waals surface area contributed by atoms with Crippen LogP contribution in [0.5, 0.6) is 0 Å². The molecule has 3 aliphatic heterocycles. The quantitative estimate of drug-likeness (QED) is 0.254. The Morgan fingerprint density at radius 3 is 2.02 bits per heavy atom. The topological polar surface area (TPSA) is 232 Å². The molecule has 0 radical (unpaired) electrons. The summed E-state index contributed by atoms with van der Waals surface area (Å²) in [4.78, 5) is 35.2. The molecule has 43 heavy (non-hydrogen) atoms. The van der Waals surface area contributed by atoms with Gasteiger partial charge in [0.15, 0.2) is 53.8 Å².